The van der Waals surface area contributed by atoms with Crippen molar-refractivity contribution in [2.75, 3.05) is 12.4 Å². The summed E-state index contributed by atoms with van der Waals surface area (Å²) in [5.74, 6) is 1.76. The van der Waals surface area contributed by atoms with Crippen LogP contribution in [0.2, 0.25) is 0 Å². The quantitative estimate of drug-likeness (QED) is 0.837. The Morgan fingerprint density at radius 3 is 2.67 bits per heavy atom. The standard InChI is InChI=1S/C13H16N4S/c1-3-4-11-16-12(14-2)9-13(17-11)18-10-5-7-15-8-6-10/h5-9H,3-4H2,1-2H3,(H,14,16,17). The molecule has 5 heteroatoms. The molecule has 2 aromatic rings. The summed E-state index contributed by atoms with van der Waals surface area (Å²) < 4.78 is 0. The third-order valence-electron chi connectivity index (χ3n) is 2.35. The van der Waals surface area contributed by atoms with Gasteiger partial charge in [-0.25, -0.2) is 9.97 Å². The first kappa shape index (κ1) is 12.8. The third-order valence-corrected chi connectivity index (χ3v) is 3.28. The van der Waals surface area contributed by atoms with Crippen LogP contribution in [0.25, 0.3) is 0 Å². The van der Waals surface area contributed by atoms with Crippen LogP contribution in [0.3, 0.4) is 0 Å². The van der Waals surface area contributed by atoms with Crippen molar-refractivity contribution in [1.82, 2.24) is 15.0 Å². The molecule has 0 amide bonds. The zero-order valence-corrected chi connectivity index (χ0v) is 11.4. The van der Waals surface area contributed by atoms with Crippen molar-refractivity contribution in [1.29, 1.82) is 0 Å². The van der Waals surface area contributed by atoms with E-state index in [2.05, 4.69) is 27.2 Å². The van der Waals surface area contributed by atoms with Gasteiger partial charge in [0.25, 0.3) is 0 Å². The fourth-order valence-electron chi connectivity index (χ4n) is 1.52. The van der Waals surface area contributed by atoms with Crippen molar-refractivity contribution in [2.24, 2.45) is 0 Å². The van der Waals surface area contributed by atoms with Gasteiger partial charge in [0.1, 0.15) is 16.7 Å². The molecule has 0 unspecified atom stereocenters. The summed E-state index contributed by atoms with van der Waals surface area (Å²) in [6.07, 6.45) is 5.52. The SMILES string of the molecule is CCCc1nc(NC)cc(Sc2ccncc2)n1. The molecule has 0 spiro atoms. The lowest BCUT2D eigenvalue weighted by Crippen LogP contribution is -2.01. The van der Waals surface area contributed by atoms with Crippen molar-refractivity contribution in [3.05, 3.63) is 36.4 Å². The largest absolute Gasteiger partial charge is 0.373 e. The van der Waals surface area contributed by atoms with E-state index in [9.17, 15) is 0 Å². The number of pyridine rings is 1. The van der Waals surface area contributed by atoms with E-state index in [4.69, 9.17) is 0 Å². The normalized spacial score (nSPS) is 10.3. The molecule has 0 aliphatic rings. The predicted molar refractivity (Wildman–Crippen MR) is 73.9 cm³/mol. The van der Waals surface area contributed by atoms with Crippen LogP contribution in [0.5, 0.6) is 0 Å². The van der Waals surface area contributed by atoms with Gasteiger partial charge >= 0.3 is 0 Å². The van der Waals surface area contributed by atoms with E-state index in [1.165, 1.54) is 0 Å². The maximum Gasteiger partial charge on any atom is 0.132 e. The predicted octanol–water partition coefficient (Wildman–Crippen LogP) is 3.02. The number of aryl methyl sites for hydroxylation is 1. The Hall–Kier alpha value is -1.62. The van der Waals surface area contributed by atoms with Gasteiger partial charge in [0, 0.05) is 36.8 Å². The average Bonchev–Trinajstić information content (AvgIpc) is 2.40. The topological polar surface area (TPSA) is 50.7 Å². The van der Waals surface area contributed by atoms with E-state index in [1.54, 1.807) is 24.2 Å². The molecule has 94 valence electrons. The highest BCUT2D eigenvalue weighted by Gasteiger charge is 2.05. The van der Waals surface area contributed by atoms with E-state index < -0.39 is 0 Å². The van der Waals surface area contributed by atoms with Crippen LogP contribution >= 0.6 is 11.8 Å². The Labute approximate surface area is 111 Å². The van der Waals surface area contributed by atoms with Crippen molar-refractivity contribution < 1.29 is 0 Å². The minimum Gasteiger partial charge on any atom is -0.373 e. The number of rotatable bonds is 5. The zero-order valence-electron chi connectivity index (χ0n) is 10.6. The van der Waals surface area contributed by atoms with Crippen molar-refractivity contribution in [3.63, 3.8) is 0 Å². The molecule has 2 rings (SSSR count). The van der Waals surface area contributed by atoms with E-state index >= 15 is 0 Å². The van der Waals surface area contributed by atoms with Crippen molar-refractivity contribution in [3.8, 4) is 0 Å². The molecule has 2 aromatic heterocycles. The van der Waals surface area contributed by atoms with Gasteiger partial charge in [-0.15, -0.1) is 0 Å². The molecule has 0 aliphatic heterocycles. The minimum absolute atomic E-state index is 0.866. The Bertz CT molecular complexity index is 502. The monoisotopic (exact) mass is 260 g/mol. The molecule has 2 heterocycles. The maximum absolute atomic E-state index is 4.56. The lowest BCUT2D eigenvalue weighted by atomic mass is 10.3. The summed E-state index contributed by atoms with van der Waals surface area (Å²) in [4.78, 5) is 14.1. The molecule has 0 fully saturated rings. The highest BCUT2D eigenvalue weighted by molar-refractivity contribution is 7.99. The molecule has 1 N–H and O–H groups in total. The second-order valence-electron chi connectivity index (χ2n) is 3.79. The van der Waals surface area contributed by atoms with Gasteiger partial charge in [-0.2, -0.15) is 0 Å². The molecule has 0 bridgehead atoms. The van der Waals surface area contributed by atoms with E-state index in [1.807, 2.05) is 25.2 Å². The number of aromatic nitrogens is 3. The van der Waals surface area contributed by atoms with Gasteiger partial charge in [-0.1, -0.05) is 18.7 Å². The van der Waals surface area contributed by atoms with Crippen LogP contribution in [0.15, 0.2) is 40.5 Å². The molecule has 0 aliphatic carbocycles. The Morgan fingerprint density at radius 1 is 1.22 bits per heavy atom. The van der Waals surface area contributed by atoms with Crippen LogP contribution in [-0.2, 0) is 6.42 Å². The Balaban J connectivity index is 2.24. The third kappa shape index (κ3) is 3.43. The zero-order chi connectivity index (χ0) is 12.8. The minimum atomic E-state index is 0.866. The van der Waals surface area contributed by atoms with E-state index in [0.717, 1.165) is 34.4 Å². The fourth-order valence-corrected chi connectivity index (χ4v) is 2.34. The first-order valence-electron chi connectivity index (χ1n) is 5.95. The lowest BCUT2D eigenvalue weighted by Gasteiger charge is -2.06. The fraction of sp³-hybridized carbons (Fsp3) is 0.308. The lowest BCUT2D eigenvalue weighted by molar-refractivity contribution is 0.811. The Kier molecular flexibility index (Phi) is 4.52. The van der Waals surface area contributed by atoms with Gasteiger partial charge in [0.2, 0.25) is 0 Å². The van der Waals surface area contributed by atoms with E-state index in [0.29, 0.717) is 0 Å². The van der Waals surface area contributed by atoms with Gasteiger partial charge in [-0.3, -0.25) is 4.98 Å². The molecule has 0 saturated heterocycles. The maximum atomic E-state index is 4.56. The molecule has 0 saturated carbocycles. The molecule has 0 radical (unpaired) electrons. The van der Waals surface area contributed by atoms with Crippen LogP contribution in [0.1, 0.15) is 19.2 Å². The van der Waals surface area contributed by atoms with Gasteiger partial charge in [-0.05, 0) is 18.6 Å². The molecular weight excluding hydrogens is 244 g/mol. The van der Waals surface area contributed by atoms with Gasteiger partial charge in [0.05, 0.1) is 0 Å². The molecule has 0 atom stereocenters. The number of hydrogen-bond acceptors (Lipinski definition) is 5. The second kappa shape index (κ2) is 6.35. The summed E-state index contributed by atoms with van der Waals surface area (Å²) in [5.41, 5.74) is 0. The van der Waals surface area contributed by atoms with Crippen molar-refractivity contribution >= 4 is 17.6 Å². The molecule has 18 heavy (non-hydrogen) atoms. The summed E-state index contributed by atoms with van der Waals surface area (Å²) in [6.45, 7) is 2.13. The van der Waals surface area contributed by atoms with E-state index in [-0.39, 0.29) is 0 Å². The summed E-state index contributed by atoms with van der Waals surface area (Å²) in [6, 6.07) is 5.92. The van der Waals surface area contributed by atoms with Crippen LogP contribution < -0.4 is 5.32 Å². The summed E-state index contributed by atoms with van der Waals surface area (Å²) in [5, 5.41) is 4.04. The number of nitrogens with zero attached hydrogens (tertiary/aromatic N) is 3. The number of hydrogen-bond donors (Lipinski definition) is 1. The smallest absolute Gasteiger partial charge is 0.132 e. The summed E-state index contributed by atoms with van der Waals surface area (Å²) in [7, 11) is 1.87. The second-order valence-corrected chi connectivity index (χ2v) is 4.89. The highest BCUT2D eigenvalue weighted by Crippen LogP contribution is 2.26. The average molecular weight is 260 g/mol. The molecular formula is C13H16N4S. The first-order chi connectivity index (χ1) is 8.81. The number of anilines is 1. The molecule has 4 nitrogen and oxygen atoms in total. The number of nitrogens with one attached hydrogen (secondary N) is 1. The first-order valence-corrected chi connectivity index (χ1v) is 6.77. The molecule has 0 aromatic carbocycles. The van der Waals surface area contributed by atoms with Gasteiger partial charge < -0.3 is 5.32 Å². The van der Waals surface area contributed by atoms with Gasteiger partial charge in [0.15, 0.2) is 0 Å². The Morgan fingerprint density at radius 2 is 2.00 bits per heavy atom. The van der Waals surface area contributed by atoms with Crippen LogP contribution in [0.4, 0.5) is 5.82 Å². The van der Waals surface area contributed by atoms with Crippen LogP contribution in [-0.4, -0.2) is 22.0 Å². The van der Waals surface area contributed by atoms with Crippen LogP contribution in [0, 0.1) is 0 Å². The highest BCUT2D eigenvalue weighted by atomic mass is 32.2. The van der Waals surface area contributed by atoms with Crippen molar-refractivity contribution in [2.45, 2.75) is 29.7 Å². The summed E-state index contributed by atoms with van der Waals surface area (Å²) >= 11 is 1.63.